The van der Waals surface area contributed by atoms with Crippen LogP contribution in [0.3, 0.4) is 0 Å². The van der Waals surface area contributed by atoms with Gasteiger partial charge in [-0.2, -0.15) is 5.10 Å². The summed E-state index contributed by atoms with van der Waals surface area (Å²) in [6.45, 7) is 0.488. The molecule has 2 aromatic rings. The lowest BCUT2D eigenvalue weighted by Crippen LogP contribution is -2.13. The maximum Gasteiger partial charge on any atom is 0.341 e. The van der Waals surface area contributed by atoms with Crippen molar-refractivity contribution in [2.75, 3.05) is 6.61 Å². The number of halogens is 2. The number of hydrogen-bond donors (Lipinski definition) is 0. The molecule has 0 aliphatic heterocycles. The normalized spacial score (nSPS) is 10.3. The quantitative estimate of drug-likeness (QED) is 0.810. The lowest BCUT2D eigenvalue weighted by molar-refractivity contribution is 0.0482. The fourth-order valence-corrected chi connectivity index (χ4v) is 1.65. The van der Waals surface area contributed by atoms with Gasteiger partial charge in [0.25, 0.3) is 0 Å². The van der Waals surface area contributed by atoms with E-state index in [0.29, 0.717) is 11.0 Å². The van der Waals surface area contributed by atoms with Gasteiger partial charge in [-0.05, 0) is 18.2 Å². The van der Waals surface area contributed by atoms with Gasteiger partial charge in [-0.1, -0.05) is 15.9 Å². The molecule has 0 saturated carbocycles. The van der Waals surface area contributed by atoms with Crippen LogP contribution in [0.1, 0.15) is 10.4 Å². The van der Waals surface area contributed by atoms with Crippen molar-refractivity contribution >= 4 is 21.9 Å². The molecule has 7 heteroatoms. The second kappa shape index (κ2) is 5.72. The zero-order valence-electron chi connectivity index (χ0n) is 9.22. The Morgan fingerprint density at radius 2 is 2.33 bits per heavy atom. The second-order valence-corrected chi connectivity index (χ2v) is 4.33. The molecular weight excluding hydrogens is 305 g/mol. The van der Waals surface area contributed by atoms with Crippen molar-refractivity contribution in [1.29, 1.82) is 0 Å². The number of rotatable bonds is 4. The van der Waals surface area contributed by atoms with Gasteiger partial charge in [0.2, 0.25) is 0 Å². The minimum atomic E-state index is -0.694. The number of hydrogen-bond acceptors (Lipinski definition) is 4. The Kier molecular flexibility index (Phi) is 4.03. The van der Waals surface area contributed by atoms with Gasteiger partial charge in [-0.25, -0.2) is 18.9 Å². The van der Waals surface area contributed by atoms with Crippen LogP contribution in [0.5, 0.6) is 0 Å². The zero-order valence-corrected chi connectivity index (χ0v) is 10.8. The highest BCUT2D eigenvalue weighted by Crippen LogP contribution is 2.15. The van der Waals surface area contributed by atoms with E-state index in [0.717, 1.165) is 0 Å². The van der Waals surface area contributed by atoms with Crippen molar-refractivity contribution < 1.29 is 13.9 Å². The predicted molar refractivity (Wildman–Crippen MR) is 64.4 cm³/mol. The summed E-state index contributed by atoms with van der Waals surface area (Å²) < 4.78 is 20.5. The molecule has 0 spiro atoms. The van der Waals surface area contributed by atoms with Crippen LogP contribution in [-0.4, -0.2) is 27.3 Å². The summed E-state index contributed by atoms with van der Waals surface area (Å²) in [6.07, 6.45) is 2.89. The monoisotopic (exact) mass is 313 g/mol. The summed E-state index contributed by atoms with van der Waals surface area (Å²) in [7, 11) is 0. The smallest absolute Gasteiger partial charge is 0.341 e. The first-order valence-electron chi connectivity index (χ1n) is 5.11. The topological polar surface area (TPSA) is 57.0 Å². The van der Waals surface area contributed by atoms with Gasteiger partial charge in [0.15, 0.2) is 0 Å². The molecule has 0 N–H and O–H groups in total. The van der Waals surface area contributed by atoms with E-state index in [2.05, 4.69) is 26.0 Å². The zero-order chi connectivity index (χ0) is 13.0. The minimum absolute atomic E-state index is 0.0863. The fourth-order valence-electron chi connectivity index (χ4n) is 1.31. The molecule has 0 aliphatic carbocycles. The van der Waals surface area contributed by atoms with Crippen LogP contribution >= 0.6 is 15.9 Å². The number of carbonyl (C=O) groups is 1. The van der Waals surface area contributed by atoms with E-state index < -0.39 is 11.8 Å². The van der Waals surface area contributed by atoms with Crippen LogP contribution in [-0.2, 0) is 11.3 Å². The van der Waals surface area contributed by atoms with Crippen molar-refractivity contribution in [3.05, 3.63) is 46.7 Å². The first kappa shape index (κ1) is 12.7. The molecule has 0 bridgehead atoms. The van der Waals surface area contributed by atoms with Gasteiger partial charge >= 0.3 is 5.97 Å². The molecule has 0 radical (unpaired) electrons. The van der Waals surface area contributed by atoms with E-state index >= 15 is 0 Å². The molecule has 18 heavy (non-hydrogen) atoms. The highest BCUT2D eigenvalue weighted by Gasteiger charge is 2.13. The van der Waals surface area contributed by atoms with E-state index in [4.69, 9.17) is 4.74 Å². The SMILES string of the molecule is O=C(OCCn1cncn1)c1ccc(Br)cc1F. The van der Waals surface area contributed by atoms with E-state index in [1.54, 1.807) is 6.07 Å². The molecule has 0 amide bonds. The maximum atomic E-state index is 13.4. The number of carbonyl (C=O) groups excluding carboxylic acids is 1. The van der Waals surface area contributed by atoms with Crippen LogP contribution in [0.2, 0.25) is 0 Å². The Bertz CT molecular complexity index is 545. The average molecular weight is 314 g/mol. The number of nitrogens with zero attached hydrogens (tertiary/aromatic N) is 3. The standard InChI is InChI=1S/C11H9BrFN3O2/c12-8-1-2-9(10(13)5-8)11(17)18-4-3-16-7-14-6-15-16/h1-2,5-7H,3-4H2. The molecule has 2 rings (SSSR count). The Balaban J connectivity index is 1.91. The highest BCUT2D eigenvalue weighted by molar-refractivity contribution is 9.10. The summed E-state index contributed by atoms with van der Waals surface area (Å²) in [4.78, 5) is 15.3. The summed E-state index contributed by atoms with van der Waals surface area (Å²) in [6, 6.07) is 4.17. The molecule has 5 nitrogen and oxygen atoms in total. The highest BCUT2D eigenvalue weighted by atomic mass is 79.9. The third kappa shape index (κ3) is 3.13. The van der Waals surface area contributed by atoms with Crippen molar-refractivity contribution in [3.8, 4) is 0 Å². The van der Waals surface area contributed by atoms with Crippen LogP contribution in [0, 0.1) is 5.82 Å². The summed E-state index contributed by atoms with van der Waals surface area (Å²) in [5, 5.41) is 3.85. The van der Waals surface area contributed by atoms with Crippen LogP contribution in [0.25, 0.3) is 0 Å². The largest absolute Gasteiger partial charge is 0.460 e. The lowest BCUT2D eigenvalue weighted by atomic mass is 10.2. The first-order chi connectivity index (χ1) is 8.66. The van der Waals surface area contributed by atoms with E-state index in [1.165, 1.54) is 29.5 Å². The fraction of sp³-hybridized carbons (Fsp3) is 0.182. The number of benzene rings is 1. The Labute approximate surface area is 111 Å². The molecule has 0 aliphatic rings. The van der Waals surface area contributed by atoms with Gasteiger partial charge in [0, 0.05) is 4.47 Å². The Hall–Kier alpha value is -1.76. The summed E-state index contributed by atoms with van der Waals surface area (Å²) >= 11 is 3.11. The third-order valence-electron chi connectivity index (χ3n) is 2.17. The van der Waals surface area contributed by atoms with Gasteiger partial charge in [0.05, 0.1) is 12.1 Å². The number of aromatic nitrogens is 3. The maximum absolute atomic E-state index is 13.4. The summed E-state index contributed by atoms with van der Waals surface area (Å²) in [5.74, 6) is -1.31. The molecule has 1 aromatic carbocycles. The lowest BCUT2D eigenvalue weighted by Gasteiger charge is -2.05. The molecule has 0 atom stereocenters. The second-order valence-electron chi connectivity index (χ2n) is 3.42. The van der Waals surface area contributed by atoms with Crippen LogP contribution in [0.15, 0.2) is 35.3 Å². The summed E-state index contributed by atoms with van der Waals surface area (Å²) in [5.41, 5.74) is -0.0863. The van der Waals surface area contributed by atoms with Gasteiger partial charge in [0.1, 0.15) is 25.1 Å². The molecular formula is C11H9BrFN3O2. The van der Waals surface area contributed by atoms with Crippen LogP contribution in [0.4, 0.5) is 4.39 Å². The Morgan fingerprint density at radius 3 is 3.00 bits per heavy atom. The Morgan fingerprint density at radius 1 is 1.50 bits per heavy atom. The van der Waals surface area contributed by atoms with Crippen molar-refractivity contribution in [1.82, 2.24) is 14.8 Å². The molecule has 94 valence electrons. The number of esters is 1. The van der Waals surface area contributed by atoms with Crippen molar-refractivity contribution in [2.24, 2.45) is 0 Å². The number of ether oxygens (including phenoxy) is 1. The minimum Gasteiger partial charge on any atom is -0.460 e. The van der Waals surface area contributed by atoms with Crippen molar-refractivity contribution in [2.45, 2.75) is 6.54 Å². The first-order valence-corrected chi connectivity index (χ1v) is 5.90. The van der Waals surface area contributed by atoms with Gasteiger partial charge in [-0.3, -0.25) is 0 Å². The van der Waals surface area contributed by atoms with Gasteiger partial charge < -0.3 is 4.74 Å². The predicted octanol–water partition coefficient (Wildman–Crippen LogP) is 2.04. The average Bonchev–Trinajstić information content (AvgIpc) is 2.81. The van der Waals surface area contributed by atoms with E-state index in [1.807, 2.05) is 0 Å². The molecule has 1 aromatic heterocycles. The van der Waals surface area contributed by atoms with Gasteiger partial charge in [-0.15, -0.1) is 0 Å². The van der Waals surface area contributed by atoms with Crippen molar-refractivity contribution in [3.63, 3.8) is 0 Å². The van der Waals surface area contributed by atoms with Crippen LogP contribution < -0.4 is 0 Å². The third-order valence-corrected chi connectivity index (χ3v) is 2.66. The molecule has 0 saturated heterocycles. The van der Waals surface area contributed by atoms with E-state index in [9.17, 15) is 9.18 Å². The molecule has 0 fully saturated rings. The van der Waals surface area contributed by atoms with E-state index in [-0.39, 0.29) is 12.2 Å². The molecule has 0 unspecified atom stereocenters. The molecule has 1 heterocycles.